The molecular formula is C17H20Cl2N2O. The van der Waals surface area contributed by atoms with Crippen LogP contribution in [0, 0.1) is 13.8 Å². The lowest BCUT2D eigenvalue weighted by molar-refractivity contribution is 0.182. The number of hydrogen-bond donors (Lipinski definition) is 0. The highest BCUT2D eigenvalue weighted by atomic mass is 35.5. The molecule has 0 aliphatic rings. The first-order valence-corrected chi connectivity index (χ1v) is 8.19. The summed E-state index contributed by atoms with van der Waals surface area (Å²) in [5, 5.41) is 1.17. The fourth-order valence-corrected chi connectivity index (χ4v) is 2.74. The van der Waals surface area contributed by atoms with E-state index in [0.717, 1.165) is 35.5 Å². The molecule has 0 bridgehead atoms. The zero-order valence-corrected chi connectivity index (χ0v) is 14.8. The van der Waals surface area contributed by atoms with E-state index in [1.165, 1.54) is 0 Å². The van der Waals surface area contributed by atoms with E-state index in [-0.39, 0.29) is 6.10 Å². The molecule has 1 heterocycles. The van der Waals surface area contributed by atoms with Crippen molar-refractivity contribution in [3.63, 3.8) is 0 Å². The highest BCUT2D eigenvalue weighted by Crippen LogP contribution is 2.32. The van der Waals surface area contributed by atoms with Crippen LogP contribution in [-0.2, 0) is 0 Å². The third-order valence-electron chi connectivity index (χ3n) is 3.58. The van der Waals surface area contributed by atoms with Crippen LogP contribution >= 0.6 is 23.2 Å². The van der Waals surface area contributed by atoms with Crippen LogP contribution in [0.2, 0.25) is 10.0 Å². The van der Waals surface area contributed by atoms with E-state index in [2.05, 4.69) is 23.8 Å². The van der Waals surface area contributed by atoms with E-state index in [9.17, 15) is 0 Å². The molecule has 0 N–H and O–H groups in total. The Hall–Kier alpha value is -1.32. The number of rotatable bonds is 5. The van der Waals surface area contributed by atoms with Gasteiger partial charge < -0.3 is 4.74 Å². The molecule has 0 spiro atoms. The molecule has 5 heteroatoms. The Bertz CT molecular complexity index is 670. The van der Waals surface area contributed by atoms with Crippen molar-refractivity contribution < 1.29 is 4.74 Å². The van der Waals surface area contributed by atoms with Crippen LogP contribution in [0.4, 0.5) is 0 Å². The van der Waals surface area contributed by atoms with Gasteiger partial charge in [-0.15, -0.1) is 0 Å². The van der Waals surface area contributed by atoms with Gasteiger partial charge in [-0.25, -0.2) is 9.97 Å². The van der Waals surface area contributed by atoms with Gasteiger partial charge in [0.1, 0.15) is 5.69 Å². The van der Waals surface area contributed by atoms with Crippen molar-refractivity contribution in [1.29, 1.82) is 0 Å². The lowest BCUT2D eigenvalue weighted by atomic mass is 10.1. The van der Waals surface area contributed by atoms with Crippen LogP contribution in [0.15, 0.2) is 18.2 Å². The Morgan fingerprint density at radius 3 is 2.32 bits per heavy atom. The third kappa shape index (κ3) is 3.71. The predicted octanol–water partition coefficient (Wildman–Crippen LogP) is 5.63. The lowest BCUT2D eigenvalue weighted by Crippen LogP contribution is -2.16. The molecule has 0 saturated heterocycles. The number of benzene rings is 1. The number of hydrogen-bond acceptors (Lipinski definition) is 3. The number of aryl methyl sites for hydroxylation is 2. The quantitative estimate of drug-likeness (QED) is 0.708. The highest BCUT2D eigenvalue weighted by Gasteiger charge is 2.15. The van der Waals surface area contributed by atoms with E-state index in [0.29, 0.717) is 15.9 Å². The maximum atomic E-state index is 6.27. The standard InChI is InChI=1S/C17H20Cl2N2O/c1-5-13(6-2)22-17-11(4)20-16(10(3)21-17)14-8-7-12(18)9-15(14)19/h7-9,13H,5-6H2,1-4H3. The Kier molecular flexibility index (Phi) is 5.65. The van der Waals surface area contributed by atoms with E-state index >= 15 is 0 Å². The van der Waals surface area contributed by atoms with Gasteiger partial charge in [-0.05, 0) is 44.9 Å². The Labute approximate surface area is 141 Å². The minimum Gasteiger partial charge on any atom is -0.473 e. The van der Waals surface area contributed by atoms with E-state index in [1.54, 1.807) is 12.1 Å². The SMILES string of the molecule is CCC(CC)Oc1nc(C)c(-c2ccc(Cl)cc2Cl)nc1C. The summed E-state index contributed by atoms with van der Waals surface area (Å²) in [5.74, 6) is 0.597. The summed E-state index contributed by atoms with van der Waals surface area (Å²) < 4.78 is 5.94. The molecule has 2 rings (SSSR count). The summed E-state index contributed by atoms with van der Waals surface area (Å²) in [5.41, 5.74) is 3.14. The van der Waals surface area contributed by atoms with Crippen molar-refractivity contribution in [1.82, 2.24) is 9.97 Å². The predicted molar refractivity (Wildman–Crippen MR) is 92.0 cm³/mol. The molecule has 0 atom stereocenters. The molecule has 3 nitrogen and oxygen atoms in total. The topological polar surface area (TPSA) is 35.0 Å². The summed E-state index contributed by atoms with van der Waals surface area (Å²) in [6, 6.07) is 5.37. The summed E-state index contributed by atoms with van der Waals surface area (Å²) in [6.45, 7) is 8.02. The maximum absolute atomic E-state index is 6.27. The Morgan fingerprint density at radius 2 is 1.73 bits per heavy atom. The van der Waals surface area contributed by atoms with Crippen molar-refractivity contribution in [2.75, 3.05) is 0 Å². The van der Waals surface area contributed by atoms with Crippen molar-refractivity contribution in [3.8, 4) is 17.1 Å². The van der Waals surface area contributed by atoms with Crippen LogP contribution in [0.1, 0.15) is 38.1 Å². The molecule has 22 heavy (non-hydrogen) atoms. The average molecular weight is 339 g/mol. The van der Waals surface area contributed by atoms with Crippen molar-refractivity contribution in [2.24, 2.45) is 0 Å². The summed E-state index contributed by atoms with van der Waals surface area (Å²) in [4.78, 5) is 9.21. The number of aromatic nitrogens is 2. The fourth-order valence-electron chi connectivity index (χ4n) is 2.24. The summed E-state index contributed by atoms with van der Waals surface area (Å²) in [6.07, 6.45) is 2.06. The van der Waals surface area contributed by atoms with Gasteiger partial charge in [0.15, 0.2) is 0 Å². The van der Waals surface area contributed by atoms with Crippen molar-refractivity contribution in [3.05, 3.63) is 39.6 Å². The first-order valence-electron chi connectivity index (χ1n) is 7.43. The molecule has 2 aromatic rings. The molecule has 1 aromatic heterocycles. The molecule has 0 radical (unpaired) electrons. The first-order chi connectivity index (χ1) is 10.5. The molecular weight excluding hydrogens is 319 g/mol. The van der Waals surface area contributed by atoms with Gasteiger partial charge in [0.2, 0.25) is 5.88 Å². The zero-order valence-electron chi connectivity index (χ0n) is 13.3. The molecule has 0 saturated carbocycles. The number of halogens is 2. The highest BCUT2D eigenvalue weighted by molar-refractivity contribution is 6.36. The second-order valence-corrected chi connectivity index (χ2v) is 6.07. The molecule has 0 aliphatic heterocycles. The normalized spacial score (nSPS) is 11.0. The average Bonchev–Trinajstić information content (AvgIpc) is 2.48. The summed E-state index contributed by atoms with van der Waals surface area (Å²) >= 11 is 12.2. The minimum atomic E-state index is 0.164. The number of nitrogens with zero attached hydrogens (tertiary/aromatic N) is 2. The largest absolute Gasteiger partial charge is 0.473 e. The second-order valence-electron chi connectivity index (χ2n) is 5.23. The van der Waals surface area contributed by atoms with Crippen molar-refractivity contribution >= 4 is 23.2 Å². The lowest BCUT2D eigenvalue weighted by Gasteiger charge is -2.17. The van der Waals surface area contributed by atoms with Crippen molar-refractivity contribution in [2.45, 2.75) is 46.6 Å². The van der Waals surface area contributed by atoms with Crippen LogP contribution in [0.3, 0.4) is 0 Å². The van der Waals surface area contributed by atoms with Gasteiger partial charge in [-0.1, -0.05) is 37.0 Å². The zero-order chi connectivity index (χ0) is 16.3. The Morgan fingerprint density at radius 1 is 1.05 bits per heavy atom. The molecule has 0 fully saturated rings. The van der Waals surface area contributed by atoms with Gasteiger partial charge in [0, 0.05) is 10.6 Å². The van der Waals surface area contributed by atoms with Gasteiger partial charge in [-0.3, -0.25) is 0 Å². The van der Waals surface area contributed by atoms with Gasteiger partial charge >= 0.3 is 0 Å². The van der Waals surface area contributed by atoms with Crippen LogP contribution in [-0.4, -0.2) is 16.1 Å². The third-order valence-corrected chi connectivity index (χ3v) is 4.12. The minimum absolute atomic E-state index is 0.164. The summed E-state index contributed by atoms with van der Waals surface area (Å²) in [7, 11) is 0. The van der Waals surface area contributed by atoms with Gasteiger partial charge in [0.05, 0.1) is 22.5 Å². The van der Waals surface area contributed by atoms with E-state index in [1.807, 2.05) is 19.9 Å². The molecule has 0 amide bonds. The molecule has 1 aromatic carbocycles. The smallest absolute Gasteiger partial charge is 0.235 e. The fraction of sp³-hybridized carbons (Fsp3) is 0.412. The van der Waals surface area contributed by atoms with Gasteiger partial charge in [-0.2, -0.15) is 0 Å². The Balaban J connectivity index is 2.41. The van der Waals surface area contributed by atoms with Crippen LogP contribution in [0.25, 0.3) is 11.3 Å². The van der Waals surface area contributed by atoms with Gasteiger partial charge in [0.25, 0.3) is 0 Å². The first kappa shape index (κ1) is 17.0. The van der Waals surface area contributed by atoms with Crippen LogP contribution < -0.4 is 4.74 Å². The second kappa shape index (κ2) is 7.30. The monoisotopic (exact) mass is 338 g/mol. The molecule has 0 unspecified atom stereocenters. The molecule has 118 valence electrons. The molecule has 0 aliphatic carbocycles. The maximum Gasteiger partial charge on any atom is 0.235 e. The van der Waals surface area contributed by atoms with Crippen LogP contribution in [0.5, 0.6) is 5.88 Å². The number of ether oxygens (including phenoxy) is 1. The van der Waals surface area contributed by atoms with E-state index in [4.69, 9.17) is 27.9 Å². The van der Waals surface area contributed by atoms with E-state index < -0.39 is 0 Å².